The van der Waals surface area contributed by atoms with Gasteiger partial charge in [0, 0.05) is 5.56 Å². The first-order chi connectivity index (χ1) is 16.2. The number of aryl methyl sites for hydroxylation is 1. The monoisotopic (exact) mass is 459 g/mol. The van der Waals surface area contributed by atoms with E-state index in [0.29, 0.717) is 16.9 Å². The average molecular weight is 459 g/mol. The van der Waals surface area contributed by atoms with Gasteiger partial charge in [0.2, 0.25) is 0 Å². The van der Waals surface area contributed by atoms with Gasteiger partial charge in [-0.3, -0.25) is 14.5 Å². The summed E-state index contributed by atoms with van der Waals surface area (Å²) < 4.78 is 5.75. The second-order valence-corrected chi connectivity index (χ2v) is 8.40. The number of aliphatic hydroxyl groups excluding tert-OH is 1. The van der Waals surface area contributed by atoms with Gasteiger partial charge < -0.3 is 20.1 Å². The van der Waals surface area contributed by atoms with Gasteiger partial charge in [0.1, 0.15) is 23.0 Å². The summed E-state index contributed by atoms with van der Waals surface area (Å²) in [5.41, 5.74) is 1.47. The maximum Gasteiger partial charge on any atom is 0.300 e. The average Bonchev–Trinajstić information content (AvgIpc) is 3.05. The molecule has 0 radical (unpaired) electrons. The van der Waals surface area contributed by atoms with Crippen LogP contribution in [0.4, 0.5) is 5.69 Å². The van der Waals surface area contributed by atoms with Crippen LogP contribution in [0.25, 0.3) is 5.76 Å². The third kappa shape index (κ3) is 4.08. The molecule has 7 heteroatoms. The summed E-state index contributed by atoms with van der Waals surface area (Å²) in [4.78, 5) is 27.5. The van der Waals surface area contributed by atoms with Crippen molar-refractivity contribution in [3.8, 4) is 17.2 Å². The zero-order chi connectivity index (χ0) is 24.6. The third-order valence-corrected chi connectivity index (χ3v) is 5.58. The van der Waals surface area contributed by atoms with Gasteiger partial charge in [0.05, 0.1) is 23.4 Å². The number of ketones is 1. The van der Waals surface area contributed by atoms with Crippen molar-refractivity contribution in [2.75, 3.05) is 4.90 Å². The Bertz CT molecular complexity index is 1310. The molecule has 0 aromatic heterocycles. The van der Waals surface area contributed by atoms with Crippen LogP contribution < -0.4 is 9.64 Å². The van der Waals surface area contributed by atoms with Crippen LogP contribution in [-0.2, 0) is 9.59 Å². The molecule has 174 valence electrons. The Morgan fingerprint density at radius 1 is 0.971 bits per heavy atom. The third-order valence-electron chi connectivity index (χ3n) is 5.58. The van der Waals surface area contributed by atoms with E-state index in [-0.39, 0.29) is 34.6 Å². The lowest BCUT2D eigenvalue weighted by Gasteiger charge is -2.26. The highest BCUT2D eigenvalue weighted by atomic mass is 16.5. The molecule has 1 aliphatic rings. The van der Waals surface area contributed by atoms with Crippen molar-refractivity contribution in [3.63, 3.8) is 0 Å². The second kappa shape index (κ2) is 8.94. The molecule has 0 spiro atoms. The van der Waals surface area contributed by atoms with Crippen molar-refractivity contribution in [2.45, 2.75) is 32.9 Å². The molecule has 34 heavy (non-hydrogen) atoms. The molecule has 1 fully saturated rings. The van der Waals surface area contributed by atoms with Crippen LogP contribution in [0, 0.1) is 6.92 Å². The number of hydrogen-bond acceptors (Lipinski definition) is 6. The van der Waals surface area contributed by atoms with E-state index in [1.54, 1.807) is 42.5 Å². The van der Waals surface area contributed by atoms with Crippen molar-refractivity contribution in [3.05, 3.63) is 89.0 Å². The minimum Gasteiger partial charge on any atom is -0.508 e. The van der Waals surface area contributed by atoms with E-state index in [1.807, 2.05) is 20.8 Å². The fourth-order valence-corrected chi connectivity index (χ4v) is 4.10. The number of aromatic hydroxyl groups is 2. The molecule has 3 aromatic carbocycles. The molecule has 1 amide bonds. The fraction of sp³-hybridized carbons (Fsp3) is 0.185. The summed E-state index contributed by atoms with van der Waals surface area (Å²) in [6.45, 7) is 5.63. The first-order valence-electron chi connectivity index (χ1n) is 10.8. The van der Waals surface area contributed by atoms with Crippen molar-refractivity contribution in [1.29, 1.82) is 0 Å². The molecule has 1 unspecified atom stereocenters. The highest BCUT2D eigenvalue weighted by molar-refractivity contribution is 6.51. The zero-order valence-corrected chi connectivity index (χ0v) is 19.0. The lowest BCUT2D eigenvalue weighted by Crippen LogP contribution is -2.29. The van der Waals surface area contributed by atoms with Crippen LogP contribution >= 0.6 is 0 Å². The summed E-state index contributed by atoms with van der Waals surface area (Å²) in [5.74, 6) is -1.76. The molecule has 1 heterocycles. The Balaban J connectivity index is 1.92. The molecule has 0 aliphatic carbocycles. The van der Waals surface area contributed by atoms with Gasteiger partial charge in [-0.15, -0.1) is 0 Å². The number of para-hydroxylation sites is 2. The Morgan fingerprint density at radius 3 is 2.35 bits per heavy atom. The molecule has 0 saturated carbocycles. The highest BCUT2D eigenvalue weighted by Crippen LogP contribution is 2.45. The van der Waals surface area contributed by atoms with E-state index in [4.69, 9.17) is 4.74 Å². The van der Waals surface area contributed by atoms with Gasteiger partial charge in [-0.05, 0) is 74.4 Å². The topological polar surface area (TPSA) is 107 Å². The normalized spacial score (nSPS) is 17.4. The quantitative estimate of drug-likeness (QED) is 0.287. The SMILES string of the molecule is Cc1cc(/C(O)=C2/C(=O)C(=O)N(c3ccccc3O)C2c2cccc(O)c2)ccc1OC(C)C. The van der Waals surface area contributed by atoms with Crippen molar-refractivity contribution in [2.24, 2.45) is 0 Å². The molecular formula is C27H25NO6. The highest BCUT2D eigenvalue weighted by Gasteiger charge is 2.47. The predicted molar refractivity (Wildman–Crippen MR) is 128 cm³/mol. The van der Waals surface area contributed by atoms with Crippen molar-refractivity contribution < 1.29 is 29.6 Å². The Morgan fingerprint density at radius 2 is 1.71 bits per heavy atom. The first kappa shape index (κ1) is 22.9. The number of phenols is 2. The van der Waals surface area contributed by atoms with Gasteiger partial charge in [0.25, 0.3) is 11.7 Å². The lowest BCUT2D eigenvalue weighted by atomic mass is 9.94. The number of amides is 1. The smallest absolute Gasteiger partial charge is 0.300 e. The van der Waals surface area contributed by atoms with E-state index in [9.17, 15) is 24.9 Å². The van der Waals surface area contributed by atoms with Crippen LogP contribution in [-0.4, -0.2) is 33.1 Å². The van der Waals surface area contributed by atoms with Gasteiger partial charge in [-0.1, -0.05) is 24.3 Å². The van der Waals surface area contributed by atoms with Crippen LogP contribution in [0.3, 0.4) is 0 Å². The van der Waals surface area contributed by atoms with E-state index in [2.05, 4.69) is 0 Å². The minimum atomic E-state index is -1.06. The number of Topliss-reactive ketones (excluding diaryl/α,β-unsaturated/α-hetero) is 1. The van der Waals surface area contributed by atoms with E-state index < -0.39 is 17.7 Å². The molecule has 1 atom stereocenters. The zero-order valence-electron chi connectivity index (χ0n) is 19.0. The molecule has 1 saturated heterocycles. The first-order valence-corrected chi connectivity index (χ1v) is 10.8. The molecule has 1 aliphatic heterocycles. The molecule has 3 aromatic rings. The number of nitrogens with zero attached hydrogens (tertiary/aromatic N) is 1. The summed E-state index contributed by atoms with van der Waals surface area (Å²) in [6, 6.07) is 16.2. The standard InChI is InChI=1S/C27H25NO6/c1-15(2)34-22-12-11-18(13-16(22)3)25(31)23-24(17-7-6-8-19(29)14-17)28(27(33)26(23)32)20-9-4-5-10-21(20)30/h4-15,24,29-31H,1-3H3/b25-23-. The van der Waals surface area contributed by atoms with E-state index in [1.165, 1.54) is 24.3 Å². The largest absolute Gasteiger partial charge is 0.508 e. The van der Waals surface area contributed by atoms with Gasteiger partial charge in [-0.25, -0.2) is 0 Å². The number of carbonyl (C=O) groups is 2. The van der Waals surface area contributed by atoms with Gasteiger partial charge in [-0.2, -0.15) is 0 Å². The summed E-state index contributed by atoms with van der Waals surface area (Å²) in [5, 5.41) is 31.7. The summed E-state index contributed by atoms with van der Waals surface area (Å²) in [6.07, 6.45) is -0.0345. The number of anilines is 1. The number of rotatable bonds is 5. The van der Waals surface area contributed by atoms with Gasteiger partial charge in [0.15, 0.2) is 0 Å². The Hall–Kier alpha value is -4.26. The van der Waals surface area contributed by atoms with Crippen LogP contribution in [0.15, 0.2) is 72.3 Å². The maximum atomic E-state index is 13.2. The number of ether oxygens (including phenoxy) is 1. The van der Waals surface area contributed by atoms with E-state index >= 15 is 0 Å². The molecule has 7 nitrogen and oxygen atoms in total. The molecule has 0 bridgehead atoms. The number of aliphatic hydroxyl groups is 1. The maximum absolute atomic E-state index is 13.2. The van der Waals surface area contributed by atoms with Crippen LogP contribution in [0.2, 0.25) is 0 Å². The van der Waals surface area contributed by atoms with Crippen molar-refractivity contribution >= 4 is 23.1 Å². The Kier molecular flexibility index (Phi) is 6.03. The van der Waals surface area contributed by atoms with Crippen LogP contribution in [0.1, 0.15) is 36.6 Å². The fourth-order valence-electron chi connectivity index (χ4n) is 4.10. The lowest BCUT2D eigenvalue weighted by molar-refractivity contribution is -0.132. The molecular weight excluding hydrogens is 434 g/mol. The number of phenolic OH excluding ortho intramolecular Hbond substituents is 2. The Labute approximate surface area is 197 Å². The minimum absolute atomic E-state index is 0.0345. The van der Waals surface area contributed by atoms with E-state index in [0.717, 1.165) is 10.5 Å². The van der Waals surface area contributed by atoms with Crippen molar-refractivity contribution in [1.82, 2.24) is 0 Å². The number of hydrogen-bond donors (Lipinski definition) is 3. The number of carbonyl (C=O) groups excluding carboxylic acids is 2. The van der Waals surface area contributed by atoms with Crippen LogP contribution in [0.5, 0.6) is 17.2 Å². The molecule has 4 rings (SSSR count). The number of benzene rings is 3. The predicted octanol–water partition coefficient (Wildman–Crippen LogP) is 4.82. The van der Waals surface area contributed by atoms with Gasteiger partial charge >= 0.3 is 0 Å². The second-order valence-electron chi connectivity index (χ2n) is 8.40. The molecule has 3 N–H and O–H groups in total. The summed E-state index contributed by atoms with van der Waals surface area (Å²) >= 11 is 0. The summed E-state index contributed by atoms with van der Waals surface area (Å²) in [7, 11) is 0.